The molecule has 37 heavy (non-hydrogen) atoms. The van der Waals surface area contributed by atoms with E-state index < -0.39 is 0 Å². The second-order valence-electron chi connectivity index (χ2n) is 8.93. The summed E-state index contributed by atoms with van der Waals surface area (Å²) < 4.78 is 13.8. The number of imidazole rings is 1. The molecule has 0 unspecified atom stereocenters. The Bertz CT molecular complexity index is 1310. The summed E-state index contributed by atoms with van der Waals surface area (Å²) in [6.45, 7) is 5.68. The average molecular weight is 498 g/mol. The highest BCUT2D eigenvalue weighted by molar-refractivity contribution is 5.77. The van der Waals surface area contributed by atoms with Gasteiger partial charge in [-0.2, -0.15) is 0 Å². The van der Waals surface area contributed by atoms with E-state index in [1.807, 2.05) is 72.8 Å². The van der Waals surface area contributed by atoms with Gasteiger partial charge in [0.15, 0.2) is 11.5 Å². The predicted molar refractivity (Wildman–Crippen MR) is 148 cm³/mol. The molecule has 1 heterocycles. The van der Waals surface area contributed by atoms with Crippen LogP contribution in [0.15, 0.2) is 85.5 Å². The molecule has 1 aromatic heterocycles. The molecule has 0 atom stereocenters. The van der Waals surface area contributed by atoms with Crippen LogP contribution in [0.4, 0.5) is 0 Å². The van der Waals surface area contributed by atoms with Crippen molar-refractivity contribution in [2.45, 2.75) is 38.6 Å². The molecule has 4 rings (SSSR count). The SMILES string of the molecule is C=CCc1ccc(OCCCn2c(CCNC(=O)CCc3ccccc3)nc3ccccc32)c(OC)c1. The Balaban J connectivity index is 1.31. The zero-order chi connectivity index (χ0) is 25.9. The maximum Gasteiger partial charge on any atom is 0.220 e. The third kappa shape index (κ3) is 7.23. The number of carbonyl (C=O) groups is 1. The minimum Gasteiger partial charge on any atom is -0.493 e. The minimum absolute atomic E-state index is 0.0629. The summed E-state index contributed by atoms with van der Waals surface area (Å²) in [6, 6.07) is 24.2. The van der Waals surface area contributed by atoms with Crippen molar-refractivity contribution in [2.24, 2.45) is 0 Å². The van der Waals surface area contributed by atoms with E-state index in [-0.39, 0.29) is 5.91 Å². The minimum atomic E-state index is 0.0629. The fourth-order valence-electron chi connectivity index (χ4n) is 4.40. The monoisotopic (exact) mass is 497 g/mol. The topological polar surface area (TPSA) is 65.4 Å². The third-order valence-electron chi connectivity index (χ3n) is 6.28. The van der Waals surface area contributed by atoms with E-state index in [0.717, 1.165) is 59.7 Å². The molecule has 4 aromatic rings. The molecule has 1 N–H and O–H groups in total. The van der Waals surface area contributed by atoms with Gasteiger partial charge in [0.05, 0.1) is 24.8 Å². The number of rotatable bonds is 14. The van der Waals surface area contributed by atoms with Gasteiger partial charge < -0.3 is 19.4 Å². The maximum atomic E-state index is 12.3. The van der Waals surface area contributed by atoms with Gasteiger partial charge in [-0.05, 0) is 54.7 Å². The number of ether oxygens (including phenoxy) is 2. The Morgan fingerprint density at radius 2 is 1.81 bits per heavy atom. The van der Waals surface area contributed by atoms with Crippen molar-refractivity contribution in [1.82, 2.24) is 14.9 Å². The number of benzene rings is 3. The lowest BCUT2D eigenvalue weighted by Crippen LogP contribution is -2.26. The van der Waals surface area contributed by atoms with Gasteiger partial charge in [-0.1, -0.05) is 54.6 Å². The number of nitrogens with one attached hydrogen (secondary N) is 1. The first-order valence-corrected chi connectivity index (χ1v) is 12.8. The molecule has 0 spiro atoms. The van der Waals surface area contributed by atoms with Gasteiger partial charge in [-0.15, -0.1) is 6.58 Å². The lowest BCUT2D eigenvalue weighted by molar-refractivity contribution is -0.121. The van der Waals surface area contributed by atoms with Crippen LogP contribution in [-0.2, 0) is 30.6 Å². The van der Waals surface area contributed by atoms with Crippen molar-refractivity contribution in [3.63, 3.8) is 0 Å². The molecule has 0 bridgehead atoms. The summed E-state index contributed by atoms with van der Waals surface area (Å²) in [4.78, 5) is 17.2. The van der Waals surface area contributed by atoms with Gasteiger partial charge >= 0.3 is 0 Å². The Morgan fingerprint density at radius 3 is 2.62 bits per heavy atom. The number of hydrogen-bond donors (Lipinski definition) is 1. The summed E-state index contributed by atoms with van der Waals surface area (Å²) in [6.07, 6.45) is 5.38. The van der Waals surface area contributed by atoms with Crippen LogP contribution in [0.1, 0.15) is 29.8 Å². The number of aromatic nitrogens is 2. The number of nitrogens with zero attached hydrogens (tertiary/aromatic N) is 2. The number of aryl methyl sites for hydroxylation is 2. The quantitative estimate of drug-likeness (QED) is 0.184. The molecule has 0 aliphatic carbocycles. The van der Waals surface area contributed by atoms with Crippen molar-refractivity contribution < 1.29 is 14.3 Å². The van der Waals surface area contributed by atoms with E-state index in [4.69, 9.17) is 14.5 Å². The van der Waals surface area contributed by atoms with Crippen LogP contribution in [0.5, 0.6) is 11.5 Å². The Hall–Kier alpha value is -4.06. The summed E-state index contributed by atoms with van der Waals surface area (Å²) in [7, 11) is 1.66. The first-order valence-electron chi connectivity index (χ1n) is 12.8. The molecule has 0 aliphatic heterocycles. The largest absolute Gasteiger partial charge is 0.493 e. The van der Waals surface area contributed by atoms with Crippen molar-refractivity contribution >= 4 is 16.9 Å². The number of methoxy groups -OCH3 is 1. The van der Waals surface area contributed by atoms with Gasteiger partial charge in [0.25, 0.3) is 0 Å². The van der Waals surface area contributed by atoms with Crippen LogP contribution >= 0.6 is 0 Å². The molecular formula is C31H35N3O3. The second kappa shape index (κ2) is 13.3. The number of para-hydroxylation sites is 2. The van der Waals surface area contributed by atoms with Crippen LogP contribution in [0.3, 0.4) is 0 Å². The number of amides is 1. The number of carbonyl (C=O) groups excluding carboxylic acids is 1. The van der Waals surface area contributed by atoms with Crippen molar-refractivity contribution in [3.8, 4) is 11.5 Å². The van der Waals surface area contributed by atoms with E-state index in [1.165, 1.54) is 5.56 Å². The zero-order valence-corrected chi connectivity index (χ0v) is 21.5. The van der Waals surface area contributed by atoms with E-state index >= 15 is 0 Å². The van der Waals surface area contributed by atoms with E-state index in [1.54, 1.807) is 7.11 Å². The van der Waals surface area contributed by atoms with Crippen LogP contribution < -0.4 is 14.8 Å². The summed E-state index contributed by atoms with van der Waals surface area (Å²) in [5, 5.41) is 3.05. The van der Waals surface area contributed by atoms with E-state index in [9.17, 15) is 4.79 Å². The highest BCUT2D eigenvalue weighted by atomic mass is 16.5. The number of fused-ring (bicyclic) bond motifs is 1. The van der Waals surface area contributed by atoms with Gasteiger partial charge in [0.2, 0.25) is 5.91 Å². The molecule has 6 heteroatoms. The van der Waals surface area contributed by atoms with Crippen LogP contribution in [0.2, 0.25) is 0 Å². The maximum absolute atomic E-state index is 12.3. The van der Waals surface area contributed by atoms with E-state index in [0.29, 0.717) is 26.0 Å². The predicted octanol–water partition coefficient (Wildman–Crippen LogP) is 5.53. The van der Waals surface area contributed by atoms with Gasteiger partial charge in [-0.3, -0.25) is 4.79 Å². The van der Waals surface area contributed by atoms with E-state index in [2.05, 4.69) is 22.5 Å². The average Bonchev–Trinajstić information content (AvgIpc) is 3.28. The molecule has 3 aromatic carbocycles. The third-order valence-corrected chi connectivity index (χ3v) is 6.28. The summed E-state index contributed by atoms with van der Waals surface area (Å²) in [5.41, 5.74) is 4.38. The first kappa shape index (κ1) is 26.0. The molecule has 6 nitrogen and oxygen atoms in total. The fraction of sp³-hybridized carbons (Fsp3) is 0.290. The first-order chi connectivity index (χ1) is 18.2. The van der Waals surface area contributed by atoms with Crippen molar-refractivity contribution in [3.05, 3.63) is 102 Å². The summed E-state index contributed by atoms with van der Waals surface area (Å²) >= 11 is 0. The molecule has 0 aliphatic rings. The van der Waals surface area contributed by atoms with Crippen molar-refractivity contribution in [1.29, 1.82) is 0 Å². The Kier molecular flexibility index (Phi) is 9.35. The molecular weight excluding hydrogens is 462 g/mol. The molecule has 0 fully saturated rings. The standard InChI is InChI=1S/C31H35N3O3/c1-3-10-25-15-17-28(29(23-25)36-2)37-22-9-21-34-27-14-8-7-13-26(27)33-30(34)19-20-32-31(35)18-16-24-11-5-4-6-12-24/h3-8,11-15,17,23H,1,9-10,16,18-22H2,2H3,(H,32,35). The smallest absolute Gasteiger partial charge is 0.220 e. The van der Waals surface area contributed by atoms with Gasteiger partial charge in [-0.25, -0.2) is 4.98 Å². The second-order valence-corrected chi connectivity index (χ2v) is 8.93. The van der Waals surface area contributed by atoms with Crippen LogP contribution in [0, 0.1) is 0 Å². The van der Waals surface area contributed by atoms with Gasteiger partial charge in [0.1, 0.15) is 5.82 Å². The molecule has 0 saturated carbocycles. The number of allylic oxidation sites excluding steroid dienone is 1. The van der Waals surface area contributed by atoms with Crippen molar-refractivity contribution in [2.75, 3.05) is 20.3 Å². The highest BCUT2D eigenvalue weighted by Crippen LogP contribution is 2.28. The fourth-order valence-corrected chi connectivity index (χ4v) is 4.40. The molecule has 192 valence electrons. The zero-order valence-electron chi connectivity index (χ0n) is 21.5. The summed E-state index contributed by atoms with van der Waals surface area (Å²) in [5.74, 6) is 2.50. The molecule has 0 saturated heterocycles. The lowest BCUT2D eigenvalue weighted by atomic mass is 10.1. The Labute approximate surface area is 218 Å². The van der Waals surface area contributed by atoms with Gasteiger partial charge in [0, 0.05) is 25.9 Å². The number of hydrogen-bond acceptors (Lipinski definition) is 4. The normalized spacial score (nSPS) is 10.8. The highest BCUT2D eigenvalue weighted by Gasteiger charge is 2.12. The molecule has 1 amide bonds. The van der Waals surface area contributed by atoms with Crippen LogP contribution in [0.25, 0.3) is 11.0 Å². The van der Waals surface area contributed by atoms with Crippen LogP contribution in [-0.4, -0.2) is 35.7 Å². The Morgan fingerprint density at radius 1 is 1.00 bits per heavy atom. The molecule has 0 radical (unpaired) electrons. The lowest BCUT2D eigenvalue weighted by Gasteiger charge is -2.13.